The van der Waals surface area contributed by atoms with Gasteiger partial charge in [-0.1, -0.05) is 18.2 Å². The number of nitrogens with zero attached hydrogens (tertiary/aromatic N) is 2. The van der Waals surface area contributed by atoms with Crippen molar-refractivity contribution in [1.29, 1.82) is 5.26 Å². The highest BCUT2D eigenvalue weighted by Gasteiger charge is 2.12. The Morgan fingerprint density at radius 1 is 1.33 bits per heavy atom. The van der Waals surface area contributed by atoms with Gasteiger partial charge >= 0.3 is 0 Å². The lowest BCUT2D eigenvalue weighted by Crippen LogP contribution is -1.82. The van der Waals surface area contributed by atoms with Crippen molar-refractivity contribution in [3.63, 3.8) is 0 Å². The quantitative estimate of drug-likeness (QED) is 0.762. The third-order valence-electron chi connectivity index (χ3n) is 2.83. The van der Waals surface area contributed by atoms with E-state index in [2.05, 4.69) is 37.0 Å². The third kappa shape index (κ3) is 1.71. The number of imidazole rings is 1. The highest BCUT2D eigenvalue weighted by atomic mass is 79.9. The molecule has 2 aromatic heterocycles. The summed E-state index contributed by atoms with van der Waals surface area (Å²) < 4.78 is 0.698. The number of rotatable bonds is 2. The SMILES string of the molecule is N#CCc1[nH]c(-c2c[nH]c3ccccc23)nc1Br. The molecule has 0 amide bonds. The summed E-state index contributed by atoms with van der Waals surface area (Å²) in [6, 6.07) is 10.2. The number of fused-ring (bicyclic) bond motifs is 1. The minimum atomic E-state index is 0.315. The number of hydrogen-bond acceptors (Lipinski definition) is 2. The summed E-state index contributed by atoms with van der Waals surface area (Å²) in [6.07, 6.45) is 2.24. The molecule has 0 spiro atoms. The molecule has 0 bridgehead atoms. The second kappa shape index (κ2) is 4.31. The molecule has 5 heteroatoms. The van der Waals surface area contributed by atoms with Crippen LogP contribution in [0.1, 0.15) is 5.69 Å². The number of halogens is 1. The summed E-state index contributed by atoms with van der Waals surface area (Å²) >= 11 is 3.36. The summed E-state index contributed by atoms with van der Waals surface area (Å²) in [4.78, 5) is 10.8. The Bertz CT molecular complexity index is 748. The third-order valence-corrected chi connectivity index (χ3v) is 3.48. The number of aromatic nitrogens is 3. The molecule has 3 rings (SSSR count). The summed E-state index contributed by atoms with van der Waals surface area (Å²) in [7, 11) is 0. The molecule has 18 heavy (non-hydrogen) atoms. The first-order valence-electron chi connectivity index (χ1n) is 5.47. The molecular formula is C13H9BrN4. The van der Waals surface area contributed by atoms with Gasteiger partial charge in [-0.05, 0) is 22.0 Å². The van der Waals surface area contributed by atoms with Crippen LogP contribution in [-0.2, 0) is 6.42 Å². The molecule has 0 aliphatic rings. The van der Waals surface area contributed by atoms with Gasteiger partial charge in [-0.15, -0.1) is 0 Å². The molecule has 3 aromatic rings. The van der Waals surface area contributed by atoms with E-state index >= 15 is 0 Å². The van der Waals surface area contributed by atoms with E-state index in [1.807, 2.05) is 30.5 Å². The van der Waals surface area contributed by atoms with Gasteiger partial charge in [0.15, 0.2) is 0 Å². The highest BCUT2D eigenvalue weighted by Crippen LogP contribution is 2.28. The topological polar surface area (TPSA) is 68.3 Å². The monoisotopic (exact) mass is 300 g/mol. The molecule has 4 nitrogen and oxygen atoms in total. The van der Waals surface area contributed by atoms with Crippen LogP contribution < -0.4 is 0 Å². The minimum Gasteiger partial charge on any atom is -0.360 e. The van der Waals surface area contributed by atoms with Gasteiger partial charge in [0.25, 0.3) is 0 Å². The van der Waals surface area contributed by atoms with E-state index in [4.69, 9.17) is 5.26 Å². The van der Waals surface area contributed by atoms with Crippen LogP contribution in [0.3, 0.4) is 0 Å². The molecule has 0 aliphatic carbocycles. The molecule has 2 N–H and O–H groups in total. The normalized spacial score (nSPS) is 10.7. The zero-order valence-corrected chi connectivity index (χ0v) is 11.0. The van der Waals surface area contributed by atoms with Crippen molar-refractivity contribution < 1.29 is 0 Å². The maximum atomic E-state index is 8.73. The maximum absolute atomic E-state index is 8.73. The average Bonchev–Trinajstić information content (AvgIpc) is 2.94. The lowest BCUT2D eigenvalue weighted by atomic mass is 10.2. The summed E-state index contributed by atoms with van der Waals surface area (Å²) in [6.45, 7) is 0. The lowest BCUT2D eigenvalue weighted by Gasteiger charge is -1.93. The minimum absolute atomic E-state index is 0.315. The van der Waals surface area contributed by atoms with Gasteiger partial charge in [0.1, 0.15) is 10.4 Å². The summed E-state index contributed by atoms with van der Waals surface area (Å²) in [5.41, 5.74) is 2.88. The van der Waals surface area contributed by atoms with Crippen LogP contribution in [0.15, 0.2) is 35.1 Å². The zero-order chi connectivity index (χ0) is 12.5. The maximum Gasteiger partial charge on any atom is 0.141 e. The molecule has 0 radical (unpaired) electrons. The van der Waals surface area contributed by atoms with Crippen molar-refractivity contribution in [3.05, 3.63) is 40.8 Å². The van der Waals surface area contributed by atoms with Crippen molar-refractivity contribution in [1.82, 2.24) is 15.0 Å². The van der Waals surface area contributed by atoms with Crippen LogP contribution in [0.2, 0.25) is 0 Å². The fraction of sp³-hybridized carbons (Fsp3) is 0.0769. The Morgan fingerprint density at radius 2 is 2.17 bits per heavy atom. The number of nitriles is 1. The second-order valence-corrected chi connectivity index (χ2v) is 4.69. The molecule has 0 saturated heterocycles. The van der Waals surface area contributed by atoms with Gasteiger partial charge in [-0.2, -0.15) is 5.26 Å². The van der Waals surface area contributed by atoms with Crippen molar-refractivity contribution in [2.24, 2.45) is 0 Å². The molecule has 0 unspecified atom stereocenters. The van der Waals surface area contributed by atoms with Crippen molar-refractivity contribution in [2.45, 2.75) is 6.42 Å². The van der Waals surface area contributed by atoms with Crippen molar-refractivity contribution in [2.75, 3.05) is 0 Å². The number of aromatic amines is 2. The van der Waals surface area contributed by atoms with Gasteiger partial charge in [0.2, 0.25) is 0 Å². The molecule has 1 aromatic carbocycles. The molecular weight excluding hydrogens is 292 g/mol. The number of para-hydroxylation sites is 1. The summed E-state index contributed by atoms with van der Waals surface area (Å²) in [5, 5.41) is 9.84. The van der Waals surface area contributed by atoms with Gasteiger partial charge in [0, 0.05) is 22.7 Å². The van der Waals surface area contributed by atoms with Crippen LogP contribution in [0.4, 0.5) is 0 Å². The van der Waals surface area contributed by atoms with Crippen LogP contribution in [0, 0.1) is 11.3 Å². The van der Waals surface area contributed by atoms with E-state index < -0.39 is 0 Å². The fourth-order valence-electron chi connectivity index (χ4n) is 1.98. The van der Waals surface area contributed by atoms with Crippen molar-refractivity contribution >= 4 is 26.8 Å². The average molecular weight is 301 g/mol. The molecule has 88 valence electrons. The molecule has 0 atom stereocenters. The van der Waals surface area contributed by atoms with E-state index in [0.717, 1.165) is 28.0 Å². The predicted octanol–water partition coefficient (Wildman–Crippen LogP) is 3.39. The Labute approximate surface area is 112 Å². The van der Waals surface area contributed by atoms with Gasteiger partial charge in [0.05, 0.1) is 18.2 Å². The molecule has 0 fully saturated rings. The first kappa shape index (κ1) is 11.1. The Hall–Kier alpha value is -2.06. The molecule has 0 aliphatic heterocycles. The number of H-pyrrole nitrogens is 2. The number of benzene rings is 1. The Balaban J connectivity index is 2.15. The Kier molecular flexibility index (Phi) is 2.65. The van der Waals surface area contributed by atoms with Crippen LogP contribution in [0.5, 0.6) is 0 Å². The standard InChI is InChI=1S/C13H9BrN4/c14-12-11(5-6-15)17-13(18-12)9-7-16-10-4-2-1-3-8(9)10/h1-4,7,16H,5H2,(H,17,18). The molecule has 2 heterocycles. The first-order chi connectivity index (χ1) is 8.79. The van der Waals surface area contributed by atoms with Crippen molar-refractivity contribution in [3.8, 4) is 17.5 Å². The lowest BCUT2D eigenvalue weighted by molar-refractivity contribution is 1.15. The van der Waals surface area contributed by atoms with E-state index in [1.165, 1.54) is 0 Å². The van der Waals surface area contributed by atoms with E-state index in [9.17, 15) is 0 Å². The van der Waals surface area contributed by atoms with Gasteiger partial charge in [-0.25, -0.2) is 4.98 Å². The largest absolute Gasteiger partial charge is 0.360 e. The van der Waals surface area contributed by atoms with Gasteiger partial charge in [-0.3, -0.25) is 0 Å². The van der Waals surface area contributed by atoms with Crippen LogP contribution in [-0.4, -0.2) is 15.0 Å². The zero-order valence-electron chi connectivity index (χ0n) is 9.37. The van der Waals surface area contributed by atoms with E-state index in [1.54, 1.807) is 0 Å². The number of hydrogen-bond donors (Lipinski definition) is 2. The fourth-order valence-corrected chi connectivity index (χ4v) is 2.40. The second-order valence-electron chi connectivity index (χ2n) is 3.94. The van der Waals surface area contributed by atoms with Gasteiger partial charge < -0.3 is 9.97 Å². The Morgan fingerprint density at radius 3 is 3.00 bits per heavy atom. The van der Waals surface area contributed by atoms with Crippen LogP contribution in [0.25, 0.3) is 22.3 Å². The number of nitrogens with one attached hydrogen (secondary N) is 2. The summed E-state index contributed by atoms with van der Waals surface area (Å²) in [5.74, 6) is 0.768. The highest BCUT2D eigenvalue weighted by molar-refractivity contribution is 9.10. The van der Waals surface area contributed by atoms with E-state index in [0.29, 0.717) is 11.0 Å². The van der Waals surface area contributed by atoms with E-state index in [-0.39, 0.29) is 0 Å². The first-order valence-corrected chi connectivity index (χ1v) is 6.26. The predicted molar refractivity (Wildman–Crippen MR) is 72.9 cm³/mol. The smallest absolute Gasteiger partial charge is 0.141 e. The van der Waals surface area contributed by atoms with Crippen LogP contribution >= 0.6 is 15.9 Å². The molecule has 0 saturated carbocycles.